The molecule has 0 atom stereocenters. The van der Waals surface area contributed by atoms with Gasteiger partial charge in [0.1, 0.15) is 12.4 Å². The van der Waals surface area contributed by atoms with Crippen LogP contribution in [0.4, 0.5) is 4.39 Å². The van der Waals surface area contributed by atoms with Gasteiger partial charge in [-0.2, -0.15) is 0 Å². The molecule has 7 nitrogen and oxygen atoms in total. The number of benzene rings is 2. The van der Waals surface area contributed by atoms with Gasteiger partial charge >= 0.3 is 5.69 Å². The third-order valence-corrected chi connectivity index (χ3v) is 4.16. The van der Waals surface area contributed by atoms with Crippen LogP contribution in [0.3, 0.4) is 0 Å². The molecule has 1 aromatic heterocycles. The Hall–Kier alpha value is -3.42. The van der Waals surface area contributed by atoms with E-state index in [2.05, 4.69) is 10.9 Å². The van der Waals surface area contributed by atoms with E-state index in [-0.39, 0.29) is 24.5 Å². The summed E-state index contributed by atoms with van der Waals surface area (Å²) >= 11 is 0. The largest absolute Gasteiger partial charge is 0.329 e. The van der Waals surface area contributed by atoms with Crippen molar-refractivity contribution in [2.75, 3.05) is 0 Å². The van der Waals surface area contributed by atoms with Crippen LogP contribution >= 0.6 is 0 Å². The smallest absolute Gasteiger partial charge is 0.292 e. The summed E-state index contributed by atoms with van der Waals surface area (Å²) in [6.07, 6.45) is -0.00431. The molecule has 3 rings (SSSR count). The molecule has 8 heteroatoms. The Bertz CT molecular complexity index is 1040. The fraction of sp³-hybridized carbons (Fsp3) is 0.211. The van der Waals surface area contributed by atoms with Gasteiger partial charge in [-0.3, -0.25) is 29.6 Å². The molecule has 0 aliphatic heterocycles. The standard InChI is InChI=1S/C19H19FN4O3/c1-2-23-15-5-3-4-6-16(15)24(19(23)27)12-18(26)22-21-17(25)11-13-7-9-14(20)10-8-13/h3-10H,2,11-12H2,1H3,(H,21,25)(H,22,26). The molecule has 0 radical (unpaired) electrons. The minimum absolute atomic E-state index is 0.00431. The van der Waals surface area contributed by atoms with Gasteiger partial charge in [-0.1, -0.05) is 24.3 Å². The first kappa shape index (κ1) is 18.4. The molecule has 0 spiro atoms. The Morgan fingerprint density at radius 3 is 2.15 bits per heavy atom. The average Bonchev–Trinajstić information content (AvgIpc) is 2.93. The third kappa shape index (κ3) is 4.05. The van der Waals surface area contributed by atoms with Gasteiger partial charge in [-0.25, -0.2) is 9.18 Å². The normalized spacial score (nSPS) is 10.7. The van der Waals surface area contributed by atoms with E-state index in [9.17, 15) is 18.8 Å². The summed E-state index contributed by atoms with van der Waals surface area (Å²) in [6, 6.07) is 12.7. The van der Waals surface area contributed by atoms with Gasteiger partial charge in [0.15, 0.2) is 0 Å². The summed E-state index contributed by atoms with van der Waals surface area (Å²) < 4.78 is 15.8. The van der Waals surface area contributed by atoms with E-state index in [4.69, 9.17) is 0 Å². The van der Waals surface area contributed by atoms with E-state index in [0.29, 0.717) is 17.6 Å². The van der Waals surface area contributed by atoms with Crippen molar-refractivity contribution in [1.29, 1.82) is 0 Å². The van der Waals surface area contributed by atoms with Crippen molar-refractivity contribution < 1.29 is 14.0 Å². The highest BCUT2D eigenvalue weighted by Crippen LogP contribution is 2.12. The molecule has 27 heavy (non-hydrogen) atoms. The maximum absolute atomic E-state index is 12.9. The maximum atomic E-state index is 12.9. The van der Waals surface area contributed by atoms with Gasteiger partial charge in [0.2, 0.25) is 5.91 Å². The molecule has 1 heterocycles. The van der Waals surface area contributed by atoms with Crippen LogP contribution in [0.1, 0.15) is 12.5 Å². The maximum Gasteiger partial charge on any atom is 0.329 e. The molecule has 0 saturated heterocycles. The zero-order chi connectivity index (χ0) is 19.4. The van der Waals surface area contributed by atoms with Gasteiger partial charge in [0.05, 0.1) is 17.5 Å². The molecule has 0 aliphatic rings. The SMILES string of the molecule is CCn1c(=O)n(CC(=O)NNC(=O)Cc2ccc(F)cc2)c2ccccc21. The van der Waals surface area contributed by atoms with E-state index in [0.717, 1.165) is 5.52 Å². The summed E-state index contributed by atoms with van der Waals surface area (Å²) in [5.74, 6) is -1.36. The number of aryl methyl sites for hydroxylation is 1. The zero-order valence-corrected chi connectivity index (χ0v) is 14.7. The summed E-state index contributed by atoms with van der Waals surface area (Å²) in [6.45, 7) is 2.12. The number of aromatic nitrogens is 2. The van der Waals surface area contributed by atoms with Crippen molar-refractivity contribution in [2.24, 2.45) is 0 Å². The van der Waals surface area contributed by atoms with Crippen molar-refractivity contribution in [3.8, 4) is 0 Å². The topological polar surface area (TPSA) is 85.1 Å². The predicted octanol–water partition coefficient (Wildman–Crippen LogP) is 1.35. The lowest BCUT2D eigenvalue weighted by Crippen LogP contribution is -2.44. The number of nitrogens with one attached hydrogen (secondary N) is 2. The number of carbonyl (C=O) groups excluding carboxylic acids is 2. The Morgan fingerprint density at radius 1 is 0.926 bits per heavy atom. The first-order chi connectivity index (χ1) is 13.0. The lowest BCUT2D eigenvalue weighted by atomic mass is 10.1. The van der Waals surface area contributed by atoms with Crippen molar-refractivity contribution in [3.63, 3.8) is 0 Å². The van der Waals surface area contributed by atoms with Crippen molar-refractivity contribution in [3.05, 3.63) is 70.4 Å². The van der Waals surface area contributed by atoms with E-state index in [1.165, 1.54) is 28.8 Å². The molecule has 2 aromatic carbocycles. The third-order valence-electron chi connectivity index (χ3n) is 4.16. The van der Waals surface area contributed by atoms with Crippen molar-refractivity contribution >= 4 is 22.8 Å². The summed E-state index contributed by atoms with van der Waals surface area (Å²) in [5, 5.41) is 0. The number of nitrogens with zero attached hydrogens (tertiary/aromatic N) is 2. The highest BCUT2D eigenvalue weighted by atomic mass is 19.1. The van der Waals surface area contributed by atoms with E-state index in [1.807, 2.05) is 19.1 Å². The minimum atomic E-state index is -0.524. The summed E-state index contributed by atoms with van der Waals surface area (Å²) in [7, 11) is 0. The molecule has 2 N–H and O–H groups in total. The van der Waals surface area contributed by atoms with Crippen LogP contribution in [0.25, 0.3) is 11.0 Å². The molecule has 0 bridgehead atoms. The second-order valence-corrected chi connectivity index (χ2v) is 6.00. The van der Waals surface area contributed by atoms with Gasteiger partial charge in [-0.05, 0) is 36.8 Å². The number of halogens is 1. The van der Waals surface area contributed by atoms with E-state index < -0.39 is 11.8 Å². The average molecular weight is 370 g/mol. The number of hydrogen-bond acceptors (Lipinski definition) is 3. The molecule has 0 unspecified atom stereocenters. The number of imidazole rings is 1. The lowest BCUT2D eigenvalue weighted by Gasteiger charge is -2.08. The number of fused-ring (bicyclic) bond motifs is 1. The Labute approximate surface area is 154 Å². The summed E-state index contributed by atoms with van der Waals surface area (Å²) in [4.78, 5) is 36.5. The molecular weight excluding hydrogens is 351 g/mol. The summed E-state index contributed by atoms with van der Waals surface area (Å²) in [5.41, 5.74) is 6.33. The van der Waals surface area contributed by atoms with Crippen LogP contribution < -0.4 is 16.5 Å². The monoisotopic (exact) mass is 370 g/mol. The number of para-hydroxylation sites is 2. The van der Waals surface area contributed by atoms with Crippen molar-refractivity contribution in [1.82, 2.24) is 20.0 Å². The van der Waals surface area contributed by atoms with Crippen molar-refractivity contribution in [2.45, 2.75) is 26.4 Å². The quantitative estimate of drug-likeness (QED) is 0.665. The number of hydrogen-bond donors (Lipinski definition) is 2. The van der Waals surface area contributed by atoms with Crippen LogP contribution in [-0.4, -0.2) is 20.9 Å². The number of carbonyl (C=O) groups is 2. The number of rotatable bonds is 5. The molecule has 3 aromatic rings. The molecule has 140 valence electrons. The molecule has 0 saturated carbocycles. The van der Waals surface area contributed by atoms with Crippen LogP contribution in [0.5, 0.6) is 0 Å². The molecule has 0 fully saturated rings. The van der Waals surface area contributed by atoms with Crippen LogP contribution in [0.2, 0.25) is 0 Å². The van der Waals surface area contributed by atoms with Gasteiger partial charge in [-0.15, -0.1) is 0 Å². The number of hydrazine groups is 1. The molecule has 2 amide bonds. The Morgan fingerprint density at radius 2 is 1.52 bits per heavy atom. The highest BCUT2D eigenvalue weighted by molar-refractivity contribution is 5.84. The Kier molecular flexibility index (Phi) is 5.35. The van der Waals surface area contributed by atoms with Crippen LogP contribution in [-0.2, 0) is 29.1 Å². The van der Waals surface area contributed by atoms with Gasteiger partial charge in [0, 0.05) is 6.54 Å². The van der Waals surface area contributed by atoms with Gasteiger partial charge < -0.3 is 0 Å². The first-order valence-electron chi connectivity index (χ1n) is 8.49. The van der Waals surface area contributed by atoms with E-state index >= 15 is 0 Å². The molecular formula is C19H19FN4O3. The minimum Gasteiger partial charge on any atom is -0.292 e. The first-order valence-corrected chi connectivity index (χ1v) is 8.49. The highest BCUT2D eigenvalue weighted by Gasteiger charge is 2.14. The fourth-order valence-electron chi connectivity index (χ4n) is 2.89. The number of amides is 2. The zero-order valence-electron chi connectivity index (χ0n) is 14.7. The second kappa shape index (κ2) is 7.86. The predicted molar refractivity (Wildman–Crippen MR) is 98.3 cm³/mol. The Balaban J connectivity index is 1.64. The second-order valence-electron chi connectivity index (χ2n) is 6.00. The molecule has 0 aliphatic carbocycles. The van der Waals surface area contributed by atoms with E-state index in [1.54, 1.807) is 16.7 Å². The fourth-order valence-corrected chi connectivity index (χ4v) is 2.89. The van der Waals surface area contributed by atoms with Crippen LogP contribution in [0, 0.1) is 5.82 Å². The van der Waals surface area contributed by atoms with Gasteiger partial charge in [0.25, 0.3) is 5.91 Å². The van der Waals surface area contributed by atoms with Crippen LogP contribution in [0.15, 0.2) is 53.3 Å². The lowest BCUT2D eigenvalue weighted by molar-refractivity contribution is -0.128.